The highest BCUT2D eigenvalue weighted by Gasteiger charge is 2.32. The Balaban J connectivity index is 2.10. The zero-order valence-corrected chi connectivity index (χ0v) is 9.15. The standard InChI is InChI=1S/C12H18N2O/c1-2-12-8-13-10-14(12,15)9-11-6-4-3-5-7-11/h3-7,12-13H,2,8-10H2,1H3. The summed E-state index contributed by atoms with van der Waals surface area (Å²) in [6.07, 6.45) is 0.948. The maximum Gasteiger partial charge on any atom is 0.133 e. The lowest BCUT2D eigenvalue weighted by atomic mass is 10.1. The number of rotatable bonds is 3. The topological polar surface area (TPSA) is 35.1 Å². The summed E-state index contributed by atoms with van der Waals surface area (Å²) in [7, 11) is 0. The third-order valence-corrected chi connectivity index (χ3v) is 3.19. The molecule has 0 amide bonds. The number of hydrogen-bond donors (Lipinski definition) is 1. The van der Waals surface area contributed by atoms with Crippen LogP contribution >= 0.6 is 0 Å². The minimum atomic E-state index is -0.111. The highest BCUT2D eigenvalue weighted by atomic mass is 16.6. The second kappa shape index (κ2) is 4.31. The van der Waals surface area contributed by atoms with Crippen molar-refractivity contribution in [2.75, 3.05) is 13.2 Å². The molecule has 82 valence electrons. The molecule has 1 aliphatic heterocycles. The highest BCUT2D eigenvalue weighted by Crippen LogP contribution is 2.22. The van der Waals surface area contributed by atoms with Gasteiger partial charge in [0.2, 0.25) is 0 Å². The van der Waals surface area contributed by atoms with Gasteiger partial charge in [0.25, 0.3) is 0 Å². The van der Waals surface area contributed by atoms with Crippen LogP contribution in [0.2, 0.25) is 0 Å². The van der Waals surface area contributed by atoms with Gasteiger partial charge in [-0.15, -0.1) is 0 Å². The van der Waals surface area contributed by atoms with Crippen molar-refractivity contribution < 1.29 is 4.65 Å². The van der Waals surface area contributed by atoms with E-state index in [-0.39, 0.29) is 10.7 Å². The van der Waals surface area contributed by atoms with Crippen LogP contribution in [0.15, 0.2) is 30.3 Å². The van der Waals surface area contributed by atoms with Gasteiger partial charge in [0.05, 0.1) is 6.54 Å². The molecule has 1 saturated heterocycles. The van der Waals surface area contributed by atoms with Crippen molar-refractivity contribution in [1.29, 1.82) is 0 Å². The van der Waals surface area contributed by atoms with E-state index in [1.54, 1.807) is 0 Å². The van der Waals surface area contributed by atoms with Crippen molar-refractivity contribution >= 4 is 0 Å². The van der Waals surface area contributed by atoms with Crippen molar-refractivity contribution in [2.24, 2.45) is 0 Å². The van der Waals surface area contributed by atoms with E-state index in [9.17, 15) is 5.21 Å². The highest BCUT2D eigenvalue weighted by molar-refractivity contribution is 5.13. The molecule has 2 rings (SSSR count). The second-order valence-corrected chi connectivity index (χ2v) is 4.27. The zero-order valence-electron chi connectivity index (χ0n) is 9.15. The van der Waals surface area contributed by atoms with Crippen molar-refractivity contribution in [3.63, 3.8) is 0 Å². The summed E-state index contributed by atoms with van der Waals surface area (Å²) >= 11 is 0. The van der Waals surface area contributed by atoms with E-state index in [1.165, 1.54) is 0 Å². The van der Waals surface area contributed by atoms with Crippen LogP contribution in [-0.4, -0.2) is 23.9 Å². The third kappa shape index (κ3) is 2.20. The van der Waals surface area contributed by atoms with E-state index < -0.39 is 0 Å². The van der Waals surface area contributed by atoms with Crippen LogP contribution in [0.25, 0.3) is 0 Å². The maximum absolute atomic E-state index is 12.5. The number of nitrogens with zero attached hydrogens (tertiary/aromatic N) is 1. The average Bonchev–Trinajstić information content (AvgIpc) is 2.60. The molecule has 0 aliphatic carbocycles. The lowest BCUT2D eigenvalue weighted by Crippen LogP contribution is -2.46. The molecule has 1 N–H and O–H groups in total. The molecule has 1 fully saturated rings. The normalized spacial score (nSPS) is 30.7. The van der Waals surface area contributed by atoms with E-state index in [2.05, 4.69) is 12.2 Å². The van der Waals surface area contributed by atoms with E-state index in [4.69, 9.17) is 0 Å². The van der Waals surface area contributed by atoms with Crippen LogP contribution < -0.4 is 5.32 Å². The summed E-state index contributed by atoms with van der Waals surface area (Å²) in [5, 5.41) is 15.7. The summed E-state index contributed by atoms with van der Waals surface area (Å²) in [6.45, 7) is 4.08. The Morgan fingerprint density at radius 1 is 1.40 bits per heavy atom. The molecule has 3 nitrogen and oxygen atoms in total. The molecule has 0 saturated carbocycles. The van der Waals surface area contributed by atoms with Crippen molar-refractivity contribution in [2.45, 2.75) is 25.9 Å². The predicted molar refractivity (Wildman–Crippen MR) is 60.7 cm³/mol. The molecule has 0 bridgehead atoms. The van der Waals surface area contributed by atoms with Crippen LogP contribution in [-0.2, 0) is 6.54 Å². The first-order valence-corrected chi connectivity index (χ1v) is 5.57. The maximum atomic E-state index is 12.5. The Kier molecular flexibility index (Phi) is 3.05. The van der Waals surface area contributed by atoms with Gasteiger partial charge in [-0.25, -0.2) is 0 Å². The van der Waals surface area contributed by atoms with Gasteiger partial charge in [0.15, 0.2) is 0 Å². The largest absolute Gasteiger partial charge is 0.631 e. The predicted octanol–water partition coefficient (Wildman–Crippen LogP) is 1.84. The number of hydrogen-bond acceptors (Lipinski definition) is 2. The molecule has 2 atom stereocenters. The molecule has 3 heteroatoms. The first-order chi connectivity index (χ1) is 7.24. The lowest BCUT2D eigenvalue weighted by Gasteiger charge is -2.43. The quantitative estimate of drug-likeness (QED) is 0.605. The summed E-state index contributed by atoms with van der Waals surface area (Å²) < 4.78 is -0.111. The van der Waals surface area contributed by atoms with Gasteiger partial charge in [-0.2, -0.15) is 0 Å². The third-order valence-electron chi connectivity index (χ3n) is 3.19. The summed E-state index contributed by atoms with van der Waals surface area (Å²) in [4.78, 5) is 0. The van der Waals surface area contributed by atoms with E-state index in [0.29, 0.717) is 13.2 Å². The first-order valence-electron chi connectivity index (χ1n) is 5.57. The molecule has 1 aromatic rings. The minimum Gasteiger partial charge on any atom is -0.631 e. The fourth-order valence-corrected chi connectivity index (χ4v) is 2.27. The van der Waals surface area contributed by atoms with Gasteiger partial charge >= 0.3 is 0 Å². The van der Waals surface area contributed by atoms with Gasteiger partial charge in [-0.05, 0) is 6.42 Å². The lowest BCUT2D eigenvalue weighted by molar-refractivity contribution is -0.906. The smallest absolute Gasteiger partial charge is 0.133 e. The average molecular weight is 206 g/mol. The van der Waals surface area contributed by atoms with Gasteiger partial charge in [0.1, 0.15) is 19.3 Å². The van der Waals surface area contributed by atoms with Crippen molar-refractivity contribution in [1.82, 2.24) is 5.32 Å². The molecule has 0 radical (unpaired) electrons. The van der Waals surface area contributed by atoms with E-state index >= 15 is 0 Å². The molecule has 2 unspecified atom stereocenters. The van der Waals surface area contributed by atoms with Crippen LogP contribution in [0.5, 0.6) is 0 Å². The van der Waals surface area contributed by atoms with E-state index in [0.717, 1.165) is 18.5 Å². The molecular weight excluding hydrogens is 188 g/mol. The van der Waals surface area contributed by atoms with Gasteiger partial charge in [-0.3, -0.25) is 5.32 Å². The Hall–Kier alpha value is -0.900. The molecular formula is C12H18N2O. The Morgan fingerprint density at radius 3 is 2.80 bits per heavy atom. The fraction of sp³-hybridized carbons (Fsp3) is 0.500. The molecule has 15 heavy (non-hydrogen) atoms. The minimum absolute atomic E-state index is 0.111. The van der Waals surface area contributed by atoms with Crippen LogP contribution in [0, 0.1) is 5.21 Å². The van der Waals surface area contributed by atoms with Crippen LogP contribution in [0.3, 0.4) is 0 Å². The van der Waals surface area contributed by atoms with Gasteiger partial charge < -0.3 is 9.85 Å². The molecule has 1 aromatic carbocycles. The van der Waals surface area contributed by atoms with Crippen LogP contribution in [0.4, 0.5) is 0 Å². The Morgan fingerprint density at radius 2 is 2.13 bits per heavy atom. The molecule has 0 spiro atoms. The fourth-order valence-electron chi connectivity index (χ4n) is 2.27. The summed E-state index contributed by atoms with van der Waals surface area (Å²) in [6, 6.07) is 10.2. The van der Waals surface area contributed by atoms with Crippen LogP contribution in [0.1, 0.15) is 18.9 Å². The second-order valence-electron chi connectivity index (χ2n) is 4.27. The molecule has 0 aromatic heterocycles. The SMILES string of the molecule is CCC1CNC[N+]1([O-])Cc1ccccc1. The van der Waals surface area contributed by atoms with Crippen molar-refractivity contribution in [3.05, 3.63) is 41.1 Å². The van der Waals surface area contributed by atoms with Gasteiger partial charge in [0, 0.05) is 5.56 Å². The zero-order chi connectivity index (χ0) is 10.7. The van der Waals surface area contributed by atoms with Gasteiger partial charge in [-0.1, -0.05) is 37.3 Å². The number of hydroxylamine groups is 3. The first kappa shape index (κ1) is 10.6. The van der Waals surface area contributed by atoms with E-state index in [1.807, 2.05) is 30.3 Å². The van der Waals surface area contributed by atoms with Crippen molar-refractivity contribution in [3.8, 4) is 0 Å². The number of quaternary nitrogens is 1. The number of nitrogens with one attached hydrogen (secondary N) is 1. The Labute approximate surface area is 90.9 Å². The monoisotopic (exact) mass is 206 g/mol. The summed E-state index contributed by atoms with van der Waals surface area (Å²) in [5.74, 6) is 0. The number of benzene rings is 1. The molecule has 1 heterocycles. The summed E-state index contributed by atoms with van der Waals surface area (Å²) in [5.41, 5.74) is 1.13. The molecule has 1 aliphatic rings. The Bertz CT molecular complexity index is 315.